The molecule has 0 radical (unpaired) electrons. The van der Waals surface area contributed by atoms with Crippen molar-refractivity contribution in [1.29, 1.82) is 5.26 Å². The number of halogens is 3. The maximum atomic E-state index is 13.1. The third-order valence-electron chi connectivity index (χ3n) is 4.11. The highest BCUT2D eigenvalue weighted by molar-refractivity contribution is 5.94. The van der Waals surface area contributed by atoms with Crippen molar-refractivity contribution in [2.24, 2.45) is 0 Å². The second-order valence-corrected chi connectivity index (χ2v) is 6.08. The lowest BCUT2D eigenvalue weighted by Crippen LogP contribution is -2.23. The Hall–Kier alpha value is -4.20. The molecule has 1 amide bonds. The number of aromatic nitrogens is 2. The van der Waals surface area contributed by atoms with Crippen molar-refractivity contribution < 1.29 is 22.9 Å². The number of hydrogen-bond acceptors (Lipinski definition) is 5. The van der Waals surface area contributed by atoms with Gasteiger partial charge in [0.2, 0.25) is 0 Å². The van der Waals surface area contributed by atoms with Crippen molar-refractivity contribution in [3.05, 3.63) is 87.2 Å². The number of nitro groups is 1. The van der Waals surface area contributed by atoms with Crippen molar-refractivity contribution in [1.82, 2.24) is 15.1 Å². The lowest BCUT2D eigenvalue weighted by molar-refractivity contribution is -0.384. The summed E-state index contributed by atoms with van der Waals surface area (Å²) in [6.45, 7) is -0.00870. The zero-order chi connectivity index (χ0) is 21.9. The largest absolute Gasteiger partial charge is 0.417 e. The number of rotatable bonds is 5. The average molecular weight is 415 g/mol. The molecular weight excluding hydrogens is 403 g/mol. The lowest BCUT2D eigenvalue weighted by Gasteiger charge is -2.10. The average Bonchev–Trinajstić information content (AvgIpc) is 3.20. The van der Waals surface area contributed by atoms with Gasteiger partial charge in [-0.05, 0) is 36.4 Å². The number of amides is 1. The van der Waals surface area contributed by atoms with E-state index in [0.29, 0.717) is 5.69 Å². The molecule has 11 heteroatoms. The molecule has 0 aliphatic carbocycles. The summed E-state index contributed by atoms with van der Waals surface area (Å²) in [5.41, 5.74) is -1.01. The number of nitriles is 1. The molecule has 1 aromatic heterocycles. The van der Waals surface area contributed by atoms with E-state index in [1.807, 2.05) is 0 Å². The number of hydrogen-bond donors (Lipinski definition) is 1. The van der Waals surface area contributed by atoms with Crippen LogP contribution in [-0.2, 0) is 12.7 Å². The molecule has 3 rings (SSSR count). The first-order valence-electron chi connectivity index (χ1n) is 8.38. The van der Waals surface area contributed by atoms with Crippen LogP contribution in [0.5, 0.6) is 0 Å². The second kappa shape index (κ2) is 8.04. The smallest absolute Gasteiger partial charge is 0.346 e. The monoisotopic (exact) mass is 415 g/mol. The first-order chi connectivity index (χ1) is 14.2. The molecule has 0 saturated carbocycles. The van der Waals surface area contributed by atoms with E-state index in [9.17, 15) is 28.1 Å². The fraction of sp³-hybridized carbons (Fsp3) is 0.105. The Morgan fingerprint density at radius 3 is 2.50 bits per heavy atom. The van der Waals surface area contributed by atoms with Crippen LogP contribution in [0.3, 0.4) is 0 Å². The molecular formula is C19H12F3N5O3. The van der Waals surface area contributed by atoms with Crippen molar-refractivity contribution in [3.8, 4) is 11.8 Å². The molecule has 1 N–H and O–H groups in total. The predicted molar refractivity (Wildman–Crippen MR) is 97.5 cm³/mol. The number of alkyl halides is 3. The number of benzene rings is 2. The summed E-state index contributed by atoms with van der Waals surface area (Å²) in [6, 6.07) is 11.3. The number of carbonyl (C=O) groups excluding carboxylic acids is 1. The molecule has 0 saturated heterocycles. The highest BCUT2D eigenvalue weighted by atomic mass is 19.4. The zero-order valence-corrected chi connectivity index (χ0v) is 15.1. The van der Waals surface area contributed by atoms with Gasteiger partial charge in [-0.1, -0.05) is 0 Å². The van der Waals surface area contributed by atoms with Crippen LogP contribution < -0.4 is 5.32 Å². The number of carbonyl (C=O) groups is 1. The third kappa shape index (κ3) is 4.44. The summed E-state index contributed by atoms with van der Waals surface area (Å²) in [4.78, 5) is 22.2. The van der Waals surface area contributed by atoms with Crippen molar-refractivity contribution >= 4 is 11.6 Å². The summed E-state index contributed by atoms with van der Waals surface area (Å²) in [5.74, 6) is -0.489. The van der Waals surface area contributed by atoms with Crippen LogP contribution in [0, 0.1) is 21.4 Å². The van der Waals surface area contributed by atoms with E-state index < -0.39 is 28.1 Å². The highest BCUT2D eigenvalue weighted by Crippen LogP contribution is 2.33. The van der Waals surface area contributed by atoms with Gasteiger partial charge in [-0.15, -0.1) is 0 Å². The molecule has 152 valence electrons. The summed E-state index contributed by atoms with van der Waals surface area (Å²) < 4.78 is 40.5. The minimum absolute atomic E-state index is 0.00870. The first-order valence-corrected chi connectivity index (χ1v) is 8.38. The molecule has 0 fully saturated rings. The van der Waals surface area contributed by atoms with E-state index in [4.69, 9.17) is 5.26 Å². The van der Waals surface area contributed by atoms with E-state index >= 15 is 0 Å². The van der Waals surface area contributed by atoms with Gasteiger partial charge in [0.05, 0.1) is 40.0 Å². The fourth-order valence-corrected chi connectivity index (χ4v) is 2.61. The van der Waals surface area contributed by atoms with Gasteiger partial charge in [0.25, 0.3) is 11.6 Å². The van der Waals surface area contributed by atoms with Gasteiger partial charge in [0, 0.05) is 23.9 Å². The second-order valence-electron chi connectivity index (χ2n) is 6.08. The van der Waals surface area contributed by atoms with Crippen LogP contribution in [-0.4, -0.2) is 20.6 Å². The van der Waals surface area contributed by atoms with Crippen LogP contribution in [0.1, 0.15) is 27.2 Å². The van der Waals surface area contributed by atoms with Gasteiger partial charge in [0.15, 0.2) is 0 Å². The Kier molecular flexibility index (Phi) is 5.50. The number of nitrogens with zero attached hydrogens (tertiary/aromatic N) is 4. The zero-order valence-electron chi connectivity index (χ0n) is 15.1. The summed E-state index contributed by atoms with van der Waals surface area (Å²) >= 11 is 0. The minimum Gasteiger partial charge on any atom is -0.346 e. The maximum Gasteiger partial charge on any atom is 0.417 e. The van der Waals surface area contributed by atoms with Gasteiger partial charge in [0.1, 0.15) is 0 Å². The SMILES string of the molecule is N#Cc1ccc(-n2ccc(CNC(=O)c3ccc([N+](=O)[O-])cc3)n2)cc1C(F)(F)F. The Bertz CT molecular complexity index is 1150. The van der Waals surface area contributed by atoms with Crippen LogP contribution in [0.2, 0.25) is 0 Å². The molecule has 2 aromatic carbocycles. The topological polar surface area (TPSA) is 114 Å². The first kappa shape index (κ1) is 20.5. The molecule has 8 nitrogen and oxygen atoms in total. The van der Waals surface area contributed by atoms with Crippen molar-refractivity contribution in [2.45, 2.75) is 12.7 Å². The quantitative estimate of drug-likeness (QED) is 0.505. The Morgan fingerprint density at radius 2 is 1.90 bits per heavy atom. The molecule has 0 aliphatic rings. The summed E-state index contributed by atoms with van der Waals surface area (Å²) in [7, 11) is 0. The van der Waals surface area contributed by atoms with E-state index in [2.05, 4.69) is 10.4 Å². The molecule has 0 spiro atoms. The van der Waals surface area contributed by atoms with Gasteiger partial charge in [-0.3, -0.25) is 14.9 Å². The van der Waals surface area contributed by atoms with Crippen molar-refractivity contribution in [3.63, 3.8) is 0 Å². The van der Waals surface area contributed by atoms with E-state index in [-0.39, 0.29) is 23.5 Å². The lowest BCUT2D eigenvalue weighted by atomic mass is 10.1. The summed E-state index contributed by atoms with van der Waals surface area (Å²) in [6.07, 6.45) is -3.26. The minimum atomic E-state index is -4.68. The Labute approximate surface area is 167 Å². The standard InChI is InChI=1S/C19H12F3N5O3/c20-19(21,22)17-9-16(6-3-13(17)10-23)26-8-7-14(25-26)11-24-18(28)12-1-4-15(5-2-12)27(29)30/h1-9H,11H2,(H,24,28). The van der Waals surface area contributed by atoms with E-state index in [1.165, 1.54) is 53.3 Å². The molecule has 30 heavy (non-hydrogen) atoms. The Balaban J connectivity index is 1.72. The predicted octanol–water partition coefficient (Wildman–Crippen LogP) is 3.60. The molecule has 3 aromatic rings. The maximum absolute atomic E-state index is 13.1. The highest BCUT2D eigenvalue weighted by Gasteiger charge is 2.34. The van der Waals surface area contributed by atoms with Crippen LogP contribution in [0.25, 0.3) is 5.69 Å². The Morgan fingerprint density at radius 1 is 1.20 bits per heavy atom. The molecule has 0 unspecified atom stereocenters. The summed E-state index contributed by atoms with van der Waals surface area (Å²) in [5, 5.41) is 26.2. The molecule has 0 bridgehead atoms. The van der Waals surface area contributed by atoms with Gasteiger partial charge < -0.3 is 5.32 Å². The number of nitro benzene ring substituents is 1. The van der Waals surface area contributed by atoms with E-state index in [0.717, 1.165) is 12.1 Å². The van der Waals surface area contributed by atoms with Crippen LogP contribution in [0.4, 0.5) is 18.9 Å². The van der Waals surface area contributed by atoms with E-state index in [1.54, 1.807) is 0 Å². The van der Waals surface area contributed by atoms with Gasteiger partial charge in [-0.2, -0.15) is 23.5 Å². The fourth-order valence-electron chi connectivity index (χ4n) is 2.61. The van der Waals surface area contributed by atoms with Gasteiger partial charge in [-0.25, -0.2) is 4.68 Å². The number of nitrogens with one attached hydrogen (secondary N) is 1. The van der Waals surface area contributed by atoms with Crippen LogP contribution in [0.15, 0.2) is 54.7 Å². The van der Waals surface area contributed by atoms with Crippen molar-refractivity contribution in [2.75, 3.05) is 0 Å². The van der Waals surface area contributed by atoms with Gasteiger partial charge >= 0.3 is 6.18 Å². The third-order valence-corrected chi connectivity index (χ3v) is 4.11. The van der Waals surface area contributed by atoms with Crippen LogP contribution >= 0.6 is 0 Å². The molecule has 0 atom stereocenters. The number of non-ortho nitro benzene ring substituents is 1. The molecule has 0 aliphatic heterocycles. The normalized spacial score (nSPS) is 11.0. The molecule has 1 heterocycles.